The number of anilines is 3. The highest BCUT2D eigenvalue weighted by atomic mass is 32.2. The summed E-state index contributed by atoms with van der Waals surface area (Å²) < 4.78 is 6.80. The zero-order valence-electron chi connectivity index (χ0n) is 31.3. The standard InChI is InChI=1S/C55H33NOS/c1-2-14-36-32-37(26-24-34(36)12-1)56(38-27-29-41-43-28-25-35-13-3-4-15-39(35)54(43)57-50(41)33-38)49-31-30-42-40-16-5-6-18-45(40)55(48-21-11-17-44(49)53(42)48)46-19-7-9-22-51(46)58-52-23-10-8-20-47(52)55/h1-33H. The first-order chi connectivity index (χ1) is 28.8. The van der Waals surface area contributed by atoms with Crippen LogP contribution in [0.1, 0.15) is 22.3 Å². The van der Waals surface area contributed by atoms with Gasteiger partial charge in [-0.25, -0.2) is 0 Å². The first kappa shape index (κ1) is 32.1. The highest BCUT2D eigenvalue weighted by Gasteiger charge is 2.48. The Morgan fingerprint density at radius 3 is 1.86 bits per heavy atom. The van der Waals surface area contributed by atoms with E-state index in [4.69, 9.17) is 4.42 Å². The van der Waals surface area contributed by atoms with Crippen molar-refractivity contribution >= 4 is 83.1 Å². The Kier molecular flexibility index (Phi) is 6.62. The quantitative estimate of drug-likeness (QED) is 0.179. The van der Waals surface area contributed by atoms with Gasteiger partial charge in [0.1, 0.15) is 11.2 Å². The molecule has 0 atom stereocenters. The van der Waals surface area contributed by atoms with Gasteiger partial charge >= 0.3 is 0 Å². The van der Waals surface area contributed by atoms with Crippen LogP contribution in [0.4, 0.5) is 17.1 Å². The summed E-state index contributed by atoms with van der Waals surface area (Å²) in [5, 5.41) is 9.47. The molecule has 10 aromatic carbocycles. The van der Waals surface area contributed by atoms with E-state index in [2.05, 4.69) is 205 Å². The Balaban J connectivity index is 1.12. The van der Waals surface area contributed by atoms with E-state index in [-0.39, 0.29) is 0 Å². The summed E-state index contributed by atoms with van der Waals surface area (Å²) in [5.74, 6) is 0. The van der Waals surface area contributed by atoms with E-state index in [1.54, 1.807) is 0 Å². The molecule has 0 radical (unpaired) electrons. The van der Waals surface area contributed by atoms with Crippen molar-refractivity contribution in [1.29, 1.82) is 0 Å². The molecule has 1 aliphatic carbocycles. The lowest BCUT2D eigenvalue weighted by molar-refractivity contribution is 0.672. The number of rotatable bonds is 3. The van der Waals surface area contributed by atoms with Crippen LogP contribution < -0.4 is 4.90 Å². The van der Waals surface area contributed by atoms with Crippen LogP contribution in [-0.4, -0.2) is 0 Å². The van der Waals surface area contributed by atoms with Gasteiger partial charge in [-0.05, 0) is 103 Å². The number of benzene rings is 10. The zero-order chi connectivity index (χ0) is 38.0. The Morgan fingerprint density at radius 2 is 1.02 bits per heavy atom. The molecule has 2 aliphatic rings. The van der Waals surface area contributed by atoms with Crippen molar-refractivity contribution in [1.82, 2.24) is 0 Å². The SMILES string of the molecule is c1ccc2c(c1)Sc1ccccc1C21c2ccccc2-c2ccc(N(c3ccc4ccccc4c3)c3ccc4c(c3)oc3c5ccccc5ccc43)c3cccc1c23. The lowest BCUT2D eigenvalue weighted by Gasteiger charge is -2.46. The maximum Gasteiger partial charge on any atom is 0.143 e. The molecule has 1 aliphatic heterocycles. The summed E-state index contributed by atoms with van der Waals surface area (Å²) in [6.07, 6.45) is 0. The molecule has 0 saturated heterocycles. The molecule has 0 unspecified atom stereocenters. The Bertz CT molecular complexity index is 3480. The van der Waals surface area contributed by atoms with E-state index >= 15 is 0 Å². The van der Waals surface area contributed by atoms with Gasteiger partial charge in [-0.3, -0.25) is 0 Å². The van der Waals surface area contributed by atoms with Crippen LogP contribution in [0, 0.1) is 0 Å². The number of furan rings is 1. The van der Waals surface area contributed by atoms with E-state index in [0.717, 1.165) is 44.4 Å². The molecule has 2 nitrogen and oxygen atoms in total. The molecule has 0 amide bonds. The van der Waals surface area contributed by atoms with Gasteiger partial charge in [0, 0.05) is 48.8 Å². The fourth-order valence-electron chi connectivity index (χ4n) is 10.3. The topological polar surface area (TPSA) is 16.4 Å². The zero-order valence-corrected chi connectivity index (χ0v) is 32.1. The molecule has 270 valence electrons. The number of nitrogens with zero attached hydrogens (tertiary/aromatic N) is 1. The number of hydrogen-bond donors (Lipinski definition) is 0. The van der Waals surface area contributed by atoms with Crippen molar-refractivity contribution in [3.05, 3.63) is 222 Å². The predicted octanol–water partition coefficient (Wildman–Crippen LogP) is 15.3. The average molecular weight is 756 g/mol. The molecular weight excluding hydrogens is 723 g/mol. The molecule has 0 saturated carbocycles. The van der Waals surface area contributed by atoms with E-state index in [1.165, 1.54) is 70.1 Å². The second kappa shape index (κ2) is 12.0. The molecule has 58 heavy (non-hydrogen) atoms. The van der Waals surface area contributed by atoms with Crippen LogP contribution in [0.15, 0.2) is 214 Å². The predicted molar refractivity (Wildman–Crippen MR) is 242 cm³/mol. The summed E-state index contributed by atoms with van der Waals surface area (Å²) in [5.41, 5.74) is 12.4. The smallest absolute Gasteiger partial charge is 0.143 e. The van der Waals surface area contributed by atoms with Crippen molar-refractivity contribution in [3.63, 3.8) is 0 Å². The first-order valence-electron chi connectivity index (χ1n) is 19.9. The Labute approximate surface area is 339 Å². The molecule has 1 aromatic heterocycles. The van der Waals surface area contributed by atoms with Crippen molar-refractivity contribution in [2.45, 2.75) is 15.2 Å². The Hall–Kier alpha value is -7.07. The monoisotopic (exact) mass is 755 g/mol. The first-order valence-corrected chi connectivity index (χ1v) is 20.7. The van der Waals surface area contributed by atoms with Crippen LogP contribution in [-0.2, 0) is 5.41 Å². The molecule has 0 bridgehead atoms. The van der Waals surface area contributed by atoms with Crippen LogP contribution in [0.25, 0.3) is 65.4 Å². The summed E-state index contributed by atoms with van der Waals surface area (Å²) in [6.45, 7) is 0. The third-order valence-corrected chi connectivity index (χ3v) is 13.8. The maximum absolute atomic E-state index is 6.80. The highest BCUT2D eigenvalue weighted by molar-refractivity contribution is 7.99. The Morgan fingerprint density at radius 1 is 0.397 bits per heavy atom. The van der Waals surface area contributed by atoms with Gasteiger partial charge in [0.2, 0.25) is 0 Å². The minimum Gasteiger partial charge on any atom is -0.455 e. The van der Waals surface area contributed by atoms with Gasteiger partial charge in [-0.15, -0.1) is 0 Å². The molecule has 13 rings (SSSR count). The van der Waals surface area contributed by atoms with Crippen LogP contribution in [0.2, 0.25) is 0 Å². The van der Waals surface area contributed by atoms with Gasteiger partial charge in [0.15, 0.2) is 0 Å². The third-order valence-electron chi connectivity index (χ3n) is 12.7. The second-order valence-electron chi connectivity index (χ2n) is 15.6. The lowest BCUT2D eigenvalue weighted by atomic mass is 9.59. The molecule has 0 N–H and O–H groups in total. The van der Waals surface area contributed by atoms with Gasteiger partial charge in [0.05, 0.1) is 11.1 Å². The van der Waals surface area contributed by atoms with Crippen LogP contribution in [0.3, 0.4) is 0 Å². The number of hydrogen-bond acceptors (Lipinski definition) is 3. The fraction of sp³-hybridized carbons (Fsp3) is 0.0182. The normalized spacial score (nSPS) is 13.6. The van der Waals surface area contributed by atoms with Crippen molar-refractivity contribution in [2.75, 3.05) is 4.90 Å². The minimum atomic E-state index is -0.496. The minimum absolute atomic E-state index is 0.496. The lowest BCUT2D eigenvalue weighted by Crippen LogP contribution is -2.36. The summed E-state index contributed by atoms with van der Waals surface area (Å²) >= 11 is 1.88. The largest absolute Gasteiger partial charge is 0.455 e. The molecule has 0 fully saturated rings. The summed E-state index contributed by atoms with van der Waals surface area (Å²) in [6, 6.07) is 73.9. The van der Waals surface area contributed by atoms with Crippen LogP contribution in [0.5, 0.6) is 0 Å². The number of fused-ring (bicyclic) bond motifs is 14. The second-order valence-corrected chi connectivity index (χ2v) is 16.6. The van der Waals surface area contributed by atoms with Gasteiger partial charge in [0.25, 0.3) is 0 Å². The van der Waals surface area contributed by atoms with E-state index in [1.807, 2.05) is 11.8 Å². The van der Waals surface area contributed by atoms with Crippen molar-refractivity contribution in [3.8, 4) is 11.1 Å². The third kappa shape index (κ3) is 4.29. The van der Waals surface area contributed by atoms with Gasteiger partial charge < -0.3 is 9.32 Å². The van der Waals surface area contributed by atoms with E-state index in [0.29, 0.717) is 0 Å². The molecule has 1 spiro atoms. The molecular formula is C55H33NOS. The highest BCUT2D eigenvalue weighted by Crippen LogP contribution is 2.62. The fourth-order valence-corrected chi connectivity index (χ4v) is 11.5. The van der Waals surface area contributed by atoms with Crippen molar-refractivity contribution < 1.29 is 4.42 Å². The van der Waals surface area contributed by atoms with E-state index < -0.39 is 5.41 Å². The summed E-state index contributed by atoms with van der Waals surface area (Å²) in [7, 11) is 0. The van der Waals surface area contributed by atoms with Crippen LogP contribution >= 0.6 is 11.8 Å². The molecule has 2 heterocycles. The summed E-state index contributed by atoms with van der Waals surface area (Å²) in [4.78, 5) is 5.04. The van der Waals surface area contributed by atoms with E-state index in [9.17, 15) is 0 Å². The van der Waals surface area contributed by atoms with Gasteiger partial charge in [-0.2, -0.15) is 0 Å². The van der Waals surface area contributed by atoms with Gasteiger partial charge in [-0.1, -0.05) is 157 Å². The molecule has 11 aromatic rings. The van der Waals surface area contributed by atoms with Crippen molar-refractivity contribution in [2.24, 2.45) is 0 Å². The molecule has 3 heteroatoms. The average Bonchev–Trinajstić information content (AvgIpc) is 3.67. The maximum atomic E-state index is 6.80.